The molecule has 1 atom stereocenters. The quantitative estimate of drug-likeness (QED) is 0.318. The molecule has 1 aliphatic rings. The molecular weight excluding hydrogens is 502 g/mol. The first-order valence-electron chi connectivity index (χ1n) is 11.7. The highest BCUT2D eigenvalue weighted by Crippen LogP contribution is 2.37. The van der Waals surface area contributed by atoms with E-state index in [1.165, 1.54) is 12.1 Å². The molecule has 8 heteroatoms. The number of nitrogens with one attached hydrogen (secondary N) is 2. The van der Waals surface area contributed by atoms with Crippen molar-refractivity contribution in [3.8, 4) is 0 Å². The number of carboxylic acids is 1. The first-order valence-corrected chi connectivity index (χ1v) is 12.4. The molecule has 0 heterocycles. The minimum absolute atomic E-state index is 0.143. The van der Waals surface area contributed by atoms with Crippen LogP contribution in [0.3, 0.4) is 0 Å². The molecule has 1 aliphatic carbocycles. The monoisotopic (exact) mass is 530 g/mol. The molecule has 4 rings (SSSR count). The molecule has 3 aromatic carbocycles. The van der Waals surface area contributed by atoms with Gasteiger partial charge in [0, 0.05) is 17.1 Å². The van der Waals surface area contributed by atoms with E-state index in [4.69, 9.17) is 28.3 Å². The number of hydrogen-bond acceptors (Lipinski definition) is 4. The fourth-order valence-corrected chi connectivity index (χ4v) is 4.93. The molecule has 190 valence electrons. The number of halogens is 3. The Morgan fingerprint density at radius 2 is 1.78 bits per heavy atom. The van der Waals surface area contributed by atoms with Crippen LogP contribution >= 0.6 is 23.2 Å². The van der Waals surface area contributed by atoms with Crippen molar-refractivity contribution >= 4 is 46.3 Å². The number of Topliss-reactive ketones (excluding diaryl/α,β-unsaturated/α-hetero) is 1. The van der Waals surface area contributed by atoms with Crippen molar-refractivity contribution < 1.29 is 19.1 Å². The van der Waals surface area contributed by atoms with Gasteiger partial charge in [-0.15, -0.1) is 0 Å². The van der Waals surface area contributed by atoms with Crippen molar-refractivity contribution in [2.75, 3.05) is 12.4 Å². The van der Waals surface area contributed by atoms with Crippen LogP contribution in [0.15, 0.2) is 60.7 Å². The number of likely N-dealkylation sites (N-methyl/N-ethyl adjacent to an activating group) is 1. The minimum atomic E-state index is -0.946. The second kappa shape index (κ2) is 12.3. The summed E-state index contributed by atoms with van der Waals surface area (Å²) in [5.74, 6) is -1.17. The zero-order valence-electron chi connectivity index (χ0n) is 20.2. The average Bonchev–Trinajstić information content (AvgIpc) is 2.84. The third-order valence-electron chi connectivity index (χ3n) is 6.27. The van der Waals surface area contributed by atoms with Crippen molar-refractivity contribution in [2.45, 2.75) is 44.6 Å². The van der Waals surface area contributed by atoms with E-state index in [0.717, 1.165) is 30.4 Å². The van der Waals surface area contributed by atoms with Crippen LogP contribution in [0.25, 0.3) is 0 Å². The molecule has 5 nitrogen and oxygen atoms in total. The zero-order chi connectivity index (χ0) is 26.3. The van der Waals surface area contributed by atoms with Gasteiger partial charge in [0.1, 0.15) is 11.4 Å². The fourth-order valence-electron chi connectivity index (χ4n) is 4.43. The number of aryl methyl sites for hydroxylation is 1. The summed E-state index contributed by atoms with van der Waals surface area (Å²) in [7, 11) is 1.84. The minimum Gasteiger partial charge on any atom is -0.481 e. The van der Waals surface area contributed by atoms with Gasteiger partial charge in [0.15, 0.2) is 5.78 Å². The second-order valence-electron chi connectivity index (χ2n) is 8.72. The van der Waals surface area contributed by atoms with Crippen LogP contribution in [-0.4, -0.2) is 23.9 Å². The first kappa shape index (κ1) is 27.7. The maximum Gasteiger partial charge on any atom is 0.307 e. The van der Waals surface area contributed by atoms with Gasteiger partial charge in [-0.1, -0.05) is 71.6 Å². The maximum absolute atomic E-state index is 13.7. The summed E-state index contributed by atoms with van der Waals surface area (Å²) < 4.78 is 13.7. The molecule has 0 aromatic heterocycles. The molecule has 0 amide bonds. The number of hydrogen-bond donors (Lipinski definition) is 3. The lowest BCUT2D eigenvalue weighted by molar-refractivity contribution is -0.136. The third kappa shape index (κ3) is 6.44. The van der Waals surface area contributed by atoms with Gasteiger partial charge in [0.05, 0.1) is 17.1 Å². The molecule has 3 aromatic rings. The Morgan fingerprint density at radius 3 is 2.42 bits per heavy atom. The molecule has 36 heavy (non-hydrogen) atoms. The molecular formula is C28H29Cl2FN2O3. The zero-order valence-corrected chi connectivity index (χ0v) is 21.7. The molecule has 1 fully saturated rings. The molecule has 0 aliphatic heterocycles. The number of carboxylic acid groups (broad SMARTS) is 1. The van der Waals surface area contributed by atoms with E-state index >= 15 is 0 Å². The number of rotatable bonds is 6. The summed E-state index contributed by atoms with van der Waals surface area (Å²) >= 11 is 12.1. The molecule has 0 bridgehead atoms. The third-order valence-corrected chi connectivity index (χ3v) is 6.91. The summed E-state index contributed by atoms with van der Waals surface area (Å²) in [6, 6.07) is 17.3. The van der Waals surface area contributed by atoms with Gasteiger partial charge in [-0.3, -0.25) is 9.59 Å². The van der Waals surface area contributed by atoms with E-state index < -0.39 is 17.3 Å². The smallest absolute Gasteiger partial charge is 0.307 e. The fraction of sp³-hybridized carbons (Fsp3) is 0.286. The van der Waals surface area contributed by atoms with Crippen molar-refractivity contribution in [1.29, 1.82) is 0 Å². The van der Waals surface area contributed by atoms with Gasteiger partial charge < -0.3 is 15.7 Å². The second-order valence-corrected chi connectivity index (χ2v) is 9.53. The number of benzene rings is 3. The summed E-state index contributed by atoms with van der Waals surface area (Å²) in [6.45, 7) is 1.87. The number of aliphatic carboxylic acids is 1. The average molecular weight is 531 g/mol. The van der Waals surface area contributed by atoms with Crippen molar-refractivity contribution in [2.24, 2.45) is 0 Å². The van der Waals surface area contributed by atoms with E-state index in [1.807, 2.05) is 44.3 Å². The van der Waals surface area contributed by atoms with Crippen LogP contribution in [0.2, 0.25) is 10.0 Å². The van der Waals surface area contributed by atoms with Crippen molar-refractivity contribution in [3.05, 3.63) is 93.2 Å². The Kier molecular flexibility index (Phi) is 9.49. The van der Waals surface area contributed by atoms with Crippen LogP contribution in [0.4, 0.5) is 15.8 Å². The van der Waals surface area contributed by atoms with Crippen molar-refractivity contribution in [1.82, 2.24) is 5.32 Å². The predicted molar refractivity (Wildman–Crippen MR) is 143 cm³/mol. The lowest BCUT2D eigenvalue weighted by atomic mass is 9.75. The van der Waals surface area contributed by atoms with E-state index in [1.54, 1.807) is 18.2 Å². The highest BCUT2D eigenvalue weighted by Gasteiger charge is 2.41. The largest absolute Gasteiger partial charge is 0.481 e. The van der Waals surface area contributed by atoms with Gasteiger partial charge in [0.2, 0.25) is 0 Å². The van der Waals surface area contributed by atoms with E-state index in [-0.39, 0.29) is 22.9 Å². The molecule has 1 unspecified atom stereocenters. The Bertz CT molecular complexity index is 1230. The molecule has 1 saturated carbocycles. The van der Waals surface area contributed by atoms with Gasteiger partial charge in [0.25, 0.3) is 0 Å². The Hall–Kier alpha value is -2.93. The van der Waals surface area contributed by atoms with Crippen LogP contribution in [0, 0.1) is 12.7 Å². The van der Waals surface area contributed by atoms with Crippen LogP contribution < -0.4 is 10.6 Å². The Morgan fingerprint density at radius 1 is 1.06 bits per heavy atom. The lowest BCUT2D eigenvalue weighted by Crippen LogP contribution is -2.49. The SMILES string of the molecule is CNC1(c2ccccc2Cl)CCCCC1=O.Cc1ccc(Nc2c(F)cccc2Cl)c(CC(=O)O)c1. The maximum atomic E-state index is 13.7. The predicted octanol–water partition coefficient (Wildman–Crippen LogP) is 7.06. The summed E-state index contributed by atoms with van der Waals surface area (Å²) in [5, 5.41) is 15.9. The van der Waals surface area contributed by atoms with Gasteiger partial charge >= 0.3 is 5.97 Å². The van der Waals surface area contributed by atoms with Gasteiger partial charge in [-0.25, -0.2) is 4.39 Å². The summed E-state index contributed by atoms with van der Waals surface area (Å²) in [6.07, 6.45) is 3.40. The van der Waals surface area contributed by atoms with Gasteiger partial charge in [-0.05, 0) is 62.2 Å². The summed E-state index contributed by atoms with van der Waals surface area (Å²) in [4.78, 5) is 23.1. The number of carbonyl (C=O) groups excluding carboxylic acids is 1. The molecule has 0 saturated heterocycles. The Balaban J connectivity index is 0.000000205. The van der Waals surface area contributed by atoms with E-state index in [0.29, 0.717) is 22.7 Å². The normalized spacial score (nSPS) is 17.2. The van der Waals surface area contributed by atoms with E-state index in [2.05, 4.69) is 10.6 Å². The summed E-state index contributed by atoms with van der Waals surface area (Å²) in [5.41, 5.74) is 2.55. The number of ketones is 1. The van der Waals surface area contributed by atoms with Crippen LogP contribution in [0.1, 0.15) is 42.4 Å². The topological polar surface area (TPSA) is 78.4 Å². The number of para-hydroxylation sites is 1. The highest BCUT2D eigenvalue weighted by molar-refractivity contribution is 6.33. The number of anilines is 2. The highest BCUT2D eigenvalue weighted by atomic mass is 35.5. The first-order chi connectivity index (χ1) is 17.2. The number of carbonyl (C=O) groups is 2. The molecule has 0 radical (unpaired) electrons. The van der Waals surface area contributed by atoms with E-state index in [9.17, 15) is 14.0 Å². The van der Waals surface area contributed by atoms with Crippen LogP contribution in [-0.2, 0) is 21.5 Å². The lowest BCUT2D eigenvalue weighted by Gasteiger charge is -2.36. The van der Waals surface area contributed by atoms with Gasteiger partial charge in [-0.2, -0.15) is 0 Å². The van der Waals surface area contributed by atoms with Crippen LogP contribution in [0.5, 0.6) is 0 Å². The standard InChI is InChI=1S/C15H13ClFNO2.C13H16ClNO/c1-9-5-6-13(10(7-9)8-14(19)20)18-15-11(16)3-2-4-12(15)17;1-15-13(9-5-4-8-12(13)16)10-6-2-3-7-11(10)14/h2-7,18H,8H2,1H3,(H,19,20);2-3,6-7,15H,4-5,8-9H2,1H3. The molecule has 0 spiro atoms. The van der Waals surface area contributed by atoms with Crippen molar-refractivity contribution in [3.63, 3.8) is 0 Å². The molecule has 3 N–H and O–H groups in total. The Labute approximate surface area is 220 Å².